The van der Waals surface area contributed by atoms with E-state index >= 15 is 0 Å². The number of benzene rings is 1. The zero-order valence-electron chi connectivity index (χ0n) is 10.8. The van der Waals surface area contributed by atoms with Gasteiger partial charge >= 0.3 is 0 Å². The summed E-state index contributed by atoms with van der Waals surface area (Å²) in [6.45, 7) is 3.52. The lowest BCUT2D eigenvalue weighted by atomic mass is 9.94. The number of piperidine rings is 1. The average Bonchev–Trinajstić information content (AvgIpc) is 2.39. The number of rotatable bonds is 2. The van der Waals surface area contributed by atoms with Gasteiger partial charge in [-0.05, 0) is 44.0 Å². The van der Waals surface area contributed by atoms with Gasteiger partial charge in [0, 0.05) is 30.7 Å². The van der Waals surface area contributed by atoms with Crippen molar-refractivity contribution in [2.45, 2.75) is 30.3 Å². The Bertz CT molecular complexity index is 432. The fourth-order valence-electron chi connectivity index (χ4n) is 2.33. The van der Waals surface area contributed by atoms with Gasteiger partial charge in [0.15, 0.2) is 0 Å². The van der Waals surface area contributed by atoms with E-state index in [-0.39, 0.29) is 11.5 Å². The predicted octanol–water partition coefficient (Wildman–Crippen LogP) is 2.62. The van der Waals surface area contributed by atoms with Gasteiger partial charge in [-0.25, -0.2) is 0 Å². The van der Waals surface area contributed by atoms with E-state index in [9.17, 15) is 4.79 Å². The molecule has 2 rings (SSSR count). The molecule has 0 aromatic heterocycles. The van der Waals surface area contributed by atoms with Gasteiger partial charge in [-0.2, -0.15) is 0 Å². The Kier molecular flexibility index (Phi) is 3.97. The van der Waals surface area contributed by atoms with E-state index in [1.807, 2.05) is 29.2 Å². The van der Waals surface area contributed by atoms with Crippen molar-refractivity contribution in [3.05, 3.63) is 29.8 Å². The minimum absolute atomic E-state index is 0.0753. The van der Waals surface area contributed by atoms with Gasteiger partial charge in [0.1, 0.15) is 0 Å². The number of likely N-dealkylation sites (tertiary alicyclic amines) is 1. The summed E-state index contributed by atoms with van der Waals surface area (Å²) >= 11 is 4.22. The zero-order chi connectivity index (χ0) is 13.2. The number of carbonyl (C=O) groups excluding carboxylic acids is 1. The Morgan fingerprint density at radius 1 is 1.39 bits per heavy atom. The maximum Gasteiger partial charge on any atom is 0.253 e. The van der Waals surface area contributed by atoms with E-state index in [2.05, 4.69) is 19.6 Å². The SMILES string of the molecule is COC1(C)CCCN(C(=O)c2ccc(S)cc2)C1. The highest BCUT2D eigenvalue weighted by Gasteiger charge is 2.33. The summed E-state index contributed by atoms with van der Waals surface area (Å²) in [6, 6.07) is 7.33. The summed E-state index contributed by atoms with van der Waals surface area (Å²) in [4.78, 5) is 15.1. The number of amides is 1. The molecule has 0 bridgehead atoms. The Hall–Kier alpha value is -1.00. The molecule has 4 heteroatoms. The fraction of sp³-hybridized carbons (Fsp3) is 0.500. The van der Waals surface area contributed by atoms with E-state index < -0.39 is 0 Å². The van der Waals surface area contributed by atoms with Crippen LogP contribution in [0.25, 0.3) is 0 Å². The van der Waals surface area contributed by atoms with Crippen molar-refractivity contribution >= 4 is 18.5 Å². The van der Waals surface area contributed by atoms with Crippen LogP contribution in [0, 0.1) is 0 Å². The normalized spacial score (nSPS) is 24.1. The molecular formula is C14H19NO2S. The van der Waals surface area contributed by atoms with Crippen LogP contribution in [0.3, 0.4) is 0 Å². The molecule has 1 aliphatic heterocycles. The van der Waals surface area contributed by atoms with Gasteiger partial charge in [-0.15, -0.1) is 12.6 Å². The molecule has 18 heavy (non-hydrogen) atoms. The molecule has 1 saturated heterocycles. The average molecular weight is 265 g/mol. The smallest absolute Gasteiger partial charge is 0.253 e. The lowest BCUT2D eigenvalue weighted by Gasteiger charge is -2.39. The monoisotopic (exact) mass is 265 g/mol. The van der Waals surface area contributed by atoms with Crippen LogP contribution >= 0.6 is 12.6 Å². The van der Waals surface area contributed by atoms with Crippen LogP contribution in [0.4, 0.5) is 0 Å². The first-order valence-corrected chi connectivity index (χ1v) is 6.62. The Morgan fingerprint density at radius 3 is 2.67 bits per heavy atom. The van der Waals surface area contributed by atoms with Gasteiger partial charge in [-0.1, -0.05) is 0 Å². The van der Waals surface area contributed by atoms with Crippen molar-refractivity contribution < 1.29 is 9.53 Å². The molecule has 1 fully saturated rings. The molecular weight excluding hydrogens is 246 g/mol. The molecule has 0 saturated carbocycles. The van der Waals surface area contributed by atoms with Crippen LogP contribution in [-0.4, -0.2) is 36.6 Å². The third-order valence-corrected chi connectivity index (χ3v) is 3.85. The molecule has 0 radical (unpaired) electrons. The second-order valence-corrected chi connectivity index (χ2v) is 5.55. The molecule has 0 spiro atoms. The first-order valence-electron chi connectivity index (χ1n) is 6.17. The molecule has 1 aromatic carbocycles. The molecule has 1 atom stereocenters. The van der Waals surface area contributed by atoms with E-state index in [1.54, 1.807) is 7.11 Å². The summed E-state index contributed by atoms with van der Waals surface area (Å²) < 4.78 is 5.51. The van der Waals surface area contributed by atoms with Crippen LogP contribution in [0.15, 0.2) is 29.2 Å². The summed E-state index contributed by atoms with van der Waals surface area (Å²) in [5.74, 6) is 0.0753. The van der Waals surface area contributed by atoms with Gasteiger partial charge in [0.2, 0.25) is 0 Å². The second-order valence-electron chi connectivity index (χ2n) is 5.03. The van der Waals surface area contributed by atoms with Crippen molar-refractivity contribution in [2.24, 2.45) is 0 Å². The lowest BCUT2D eigenvalue weighted by Crippen LogP contribution is -2.49. The highest BCUT2D eigenvalue weighted by atomic mass is 32.1. The number of hydrogen-bond acceptors (Lipinski definition) is 3. The Morgan fingerprint density at radius 2 is 2.06 bits per heavy atom. The van der Waals surface area contributed by atoms with Crippen molar-refractivity contribution in [3.8, 4) is 0 Å². The first-order chi connectivity index (χ1) is 8.54. The van der Waals surface area contributed by atoms with Crippen molar-refractivity contribution in [3.63, 3.8) is 0 Å². The van der Waals surface area contributed by atoms with E-state index in [0.717, 1.165) is 24.3 Å². The zero-order valence-corrected chi connectivity index (χ0v) is 11.7. The van der Waals surface area contributed by atoms with Crippen LogP contribution in [0.2, 0.25) is 0 Å². The number of ether oxygens (including phenoxy) is 1. The topological polar surface area (TPSA) is 29.5 Å². The Balaban J connectivity index is 2.11. The Labute approximate surface area is 114 Å². The van der Waals surface area contributed by atoms with Crippen molar-refractivity contribution in [1.82, 2.24) is 4.90 Å². The maximum absolute atomic E-state index is 12.4. The number of nitrogens with zero attached hydrogens (tertiary/aromatic N) is 1. The summed E-state index contributed by atoms with van der Waals surface area (Å²) in [5.41, 5.74) is 0.505. The van der Waals surface area contributed by atoms with Gasteiger partial charge < -0.3 is 9.64 Å². The molecule has 1 amide bonds. The largest absolute Gasteiger partial charge is 0.377 e. The maximum atomic E-state index is 12.4. The van der Waals surface area contributed by atoms with Crippen LogP contribution in [0.5, 0.6) is 0 Å². The summed E-state index contributed by atoms with van der Waals surface area (Å²) in [5, 5.41) is 0. The number of thiol groups is 1. The van der Waals surface area contributed by atoms with Crippen LogP contribution in [0.1, 0.15) is 30.1 Å². The highest BCUT2D eigenvalue weighted by molar-refractivity contribution is 7.80. The molecule has 0 aliphatic carbocycles. The van der Waals surface area contributed by atoms with E-state index in [4.69, 9.17) is 4.74 Å². The van der Waals surface area contributed by atoms with Gasteiger partial charge in [-0.3, -0.25) is 4.79 Å². The van der Waals surface area contributed by atoms with Crippen molar-refractivity contribution in [1.29, 1.82) is 0 Å². The third-order valence-electron chi connectivity index (χ3n) is 3.55. The van der Waals surface area contributed by atoms with Crippen LogP contribution < -0.4 is 0 Å². The lowest BCUT2D eigenvalue weighted by molar-refractivity contribution is -0.0440. The van der Waals surface area contributed by atoms with Crippen LogP contribution in [-0.2, 0) is 4.74 Å². The molecule has 1 heterocycles. The minimum atomic E-state index is -0.211. The molecule has 3 nitrogen and oxygen atoms in total. The first kappa shape index (κ1) is 13.4. The highest BCUT2D eigenvalue weighted by Crippen LogP contribution is 2.25. The standard InChI is InChI=1S/C14H19NO2S/c1-14(17-2)8-3-9-15(10-14)13(16)11-4-6-12(18)7-5-11/h4-7,18H,3,8-10H2,1-2H3. The second kappa shape index (κ2) is 5.33. The van der Waals surface area contributed by atoms with E-state index in [1.165, 1.54) is 0 Å². The molecule has 0 N–H and O–H groups in total. The van der Waals surface area contributed by atoms with E-state index in [0.29, 0.717) is 12.1 Å². The minimum Gasteiger partial charge on any atom is -0.377 e. The molecule has 1 aliphatic rings. The fourth-order valence-corrected chi connectivity index (χ4v) is 2.48. The number of carbonyl (C=O) groups is 1. The summed E-state index contributed by atoms with van der Waals surface area (Å²) in [7, 11) is 1.71. The molecule has 98 valence electrons. The predicted molar refractivity (Wildman–Crippen MR) is 74.2 cm³/mol. The summed E-state index contributed by atoms with van der Waals surface area (Å²) in [6.07, 6.45) is 1.99. The molecule has 1 unspecified atom stereocenters. The van der Waals surface area contributed by atoms with Crippen molar-refractivity contribution in [2.75, 3.05) is 20.2 Å². The molecule has 1 aromatic rings. The third kappa shape index (κ3) is 2.87. The number of methoxy groups -OCH3 is 1. The van der Waals surface area contributed by atoms with Gasteiger partial charge in [0.05, 0.1) is 5.60 Å². The van der Waals surface area contributed by atoms with Gasteiger partial charge in [0.25, 0.3) is 5.91 Å². The quantitative estimate of drug-likeness (QED) is 0.833. The number of hydrogen-bond donors (Lipinski definition) is 1.